The van der Waals surface area contributed by atoms with Crippen molar-refractivity contribution < 1.29 is 14.3 Å². The van der Waals surface area contributed by atoms with Crippen molar-refractivity contribution in [1.82, 2.24) is 0 Å². The van der Waals surface area contributed by atoms with Crippen LogP contribution in [0.4, 0.5) is 5.69 Å². The van der Waals surface area contributed by atoms with E-state index in [9.17, 15) is 4.79 Å². The molecule has 1 aliphatic rings. The number of carbonyl (C=O) groups is 1. The van der Waals surface area contributed by atoms with E-state index in [4.69, 9.17) is 15.2 Å². The molecular weight excluding hydrogens is 292 g/mol. The van der Waals surface area contributed by atoms with Crippen molar-refractivity contribution in [1.29, 1.82) is 0 Å². The summed E-state index contributed by atoms with van der Waals surface area (Å²) in [6, 6.07) is 12.7. The molecule has 0 aromatic heterocycles. The minimum absolute atomic E-state index is 0.0753. The monoisotopic (exact) mass is 312 g/mol. The zero-order chi connectivity index (χ0) is 16.6. The Morgan fingerprint density at radius 1 is 1.00 bits per heavy atom. The average molecular weight is 312 g/mol. The topological polar surface area (TPSA) is 64.8 Å². The maximum Gasteiger partial charge on any atom is 0.247 e. The van der Waals surface area contributed by atoms with E-state index >= 15 is 0 Å². The van der Waals surface area contributed by atoms with Gasteiger partial charge in [0.15, 0.2) is 11.5 Å². The summed E-state index contributed by atoms with van der Waals surface area (Å²) in [6.45, 7) is 2.01. The van der Waals surface area contributed by atoms with Crippen molar-refractivity contribution in [2.24, 2.45) is 5.73 Å². The molecular formula is C18H20N2O3. The number of ether oxygens (including phenoxy) is 2. The predicted molar refractivity (Wildman–Crippen MR) is 88.9 cm³/mol. The van der Waals surface area contributed by atoms with Crippen LogP contribution in [-0.4, -0.2) is 26.2 Å². The van der Waals surface area contributed by atoms with Gasteiger partial charge in [-0.3, -0.25) is 4.79 Å². The second-order valence-electron chi connectivity index (χ2n) is 5.63. The standard InChI is InChI=1S/C18H20N2O3/c1-11-4-7-13(8-5-11)20-17(16(19)18(20)21)12-6-9-14(22-2)15(10-12)23-3/h4-10,16-17H,19H2,1-3H3. The normalized spacial score (nSPS) is 20.2. The minimum atomic E-state index is -0.547. The first-order chi connectivity index (χ1) is 11.1. The molecule has 5 heteroatoms. The van der Waals surface area contributed by atoms with Gasteiger partial charge >= 0.3 is 0 Å². The number of rotatable bonds is 4. The Hall–Kier alpha value is -2.53. The molecule has 1 aliphatic heterocycles. The number of hydrogen-bond acceptors (Lipinski definition) is 4. The maximum atomic E-state index is 12.3. The third kappa shape index (κ3) is 2.53. The lowest BCUT2D eigenvalue weighted by atomic mass is 9.88. The lowest BCUT2D eigenvalue weighted by molar-refractivity contribution is -0.126. The van der Waals surface area contributed by atoms with E-state index < -0.39 is 6.04 Å². The highest BCUT2D eigenvalue weighted by Crippen LogP contribution is 2.40. The first kappa shape index (κ1) is 15.4. The Labute approximate surface area is 135 Å². The molecule has 0 aliphatic carbocycles. The van der Waals surface area contributed by atoms with Gasteiger partial charge in [0, 0.05) is 5.69 Å². The molecule has 2 N–H and O–H groups in total. The molecule has 120 valence electrons. The van der Waals surface area contributed by atoms with Crippen molar-refractivity contribution in [2.75, 3.05) is 19.1 Å². The molecule has 0 bridgehead atoms. The fourth-order valence-corrected chi connectivity index (χ4v) is 2.90. The van der Waals surface area contributed by atoms with Crippen LogP contribution in [0.5, 0.6) is 11.5 Å². The number of methoxy groups -OCH3 is 2. The van der Waals surface area contributed by atoms with Crippen LogP contribution < -0.4 is 20.1 Å². The Morgan fingerprint density at radius 3 is 2.26 bits per heavy atom. The van der Waals surface area contributed by atoms with Crippen LogP contribution in [0, 0.1) is 6.92 Å². The highest BCUT2D eigenvalue weighted by atomic mass is 16.5. The van der Waals surface area contributed by atoms with Crippen LogP contribution in [-0.2, 0) is 4.79 Å². The van der Waals surface area contributed by atoms with Crippen molar-refractivity contribution in [3.63, 3.8) is 0 Å². The summed E-state index contributed by atoms with van der Waals surface area (Å²) in [4.78, 5) is 14.0. The third-order valence-corrected chi connectivity index (χ3v) is 4.20. The first-order valence-corrected chi connectivity index (χ1v) is 7.44. The number of hydrogen-bond donors (Lipinski definition) is 1. The number of β-lactam (4-membered cyclic amide) rings is 1. The Balaban J connectivity index is 1.97. The lowest BCUT2D eigenvalue weighted by Crippen LogP contribution is -2.63. The summed E-state index contributed by atoms with van der Waals surface area (Å²) < 4.78 is 10.6. The molecule has 2 atom stereocenters. The van der Waals surface area contributed by atoms with E-state index in [0.717, 1.165) is 16.8 Å². The van der Waals surface area contributed by atoms with E-state index in [0.29, 0.717) is 11.5 Å². The van der Waals surface area contributed by atoms with Crippen LogP contribution in [0.25, 0.3) is 0 Å². The van der Waals surface area contributed by atoms with Gasteiger partial charge in [0.25, 0.3) is 0 Å². The van der Waals surface area contributed by atoms with Gasteiger partial charge in [0.1, 0.15) is 6.04 Å². The van der Waals surface area contributed by atoms with Crippen LogP contribution >= 0.6 is 0 Å². The van der Waals surface area contributed by atoms with Crippen LogP contribution in [0.15, 0.2) is 42.5 Å². The summed E-state index contributed by atoms with van der Waals surface area (Å²) in [6.07, 6.45) is 0. The average Bonchev–Trinajstić information content (AvgIpc) is 2.59. The molecule has 1 amide bonds. The van der Waals surface area contributed by atoms with E-state index in [2.05, 4.69) is 0 Å². The van der Waals surface area contributed by atoms with E-state index in [-0.39, 0.29) is 11.9 Å². The van der Waals surface area contributed by atoms with E-state index in [1.54, 1.807) is 19.1 Å². The van der Waals surface area contributed by atoms with Gasteiger partial charge < -0.3 is 20.1 Å². The number of anilines is 1. The van der Waals surface area contributed by atoms with Gasteiger partial charge in [-0.05, 0) is 36.8 Å². The molecule has 2 aromatic carbocycles. The molecule has 1 fully saturated rings. The maximum absolute atomic E-state index is 12.3. The Morgan fingerprint density at radius 2 is 1.65 bits per heavy atom. The number of carbonyl (C=O) groups excluding carboxylic acids is 1. The van der Waals surface area contributed by atoms with Crippen molar-refractivity contribution >= 4 is 11.6 Å². The van der Waals surface area contributed by atoms with Crippen molar-refractivity contribution in [3.8, 4) is 11.5 Å². The van der Waals surface area contributed by atoms with Crippen molar-refractivity contribution in [3.05, 3.63) is 53.6 Å². The molecule has 2 aromatic rings. The van der Waals surface area contributed by atoms with E-state index in [1.807, 2.05) is 49.4 Å². The molecule has 2 unspecified atom stereocenters. The lowest BCUT2D eigenvalue weighted by Gasteiger charge is -2.45. The fourth-order valence-electron chi connectivity index (χ4n) is 2.90. The van der Waals surface area contributed by atoms with Crippen molar-refractivity contribution in [2.45, 2.75) is 19.0 Å². The second-order valence-corrected chi connectivity index (χ2v) is 5.63. The number of nitrogens with zero attached hydrogens (tertiary/aromatic N) is 1. The van der Waals surface area contributed by atoms with E-state index in [1.165, 1.54) is 0 Å². The highest BCUT2D eigenvalue weighted by Gasteiger charge is 2.46. The summed E-state index contributed by atoms with van der Waals surface area (Å²) in [5, 5.41) is 0. The first-order valence-electron chi connectivity index (χ1n) is 7.44. The summed E-state index contributed by atoms with van der Waals surface area (Å²) >= 11 is 0. The molecule has 5 nitrogen and oxygen atoms in total. The SMILES string of the molecule is COc1ccc(C2C(N)C(=O)N2c2ccc(C)cc2)cc1OC. The number of aryl methyl sites for hydroxylation is 1. The smallest absolute Gasteiger partial charge is 0.247 e. The molecule has 0 radical (unpaired) electrons. The molecule has 0 saturated carbocycles. The molecule has 0 spiro atoms. The van der Waals surface area contributed by atoms with Crippen LogP contribution in [0.2, 0.25) is 0 Å². The summed E-state index contributed by atoms with van der Waals surface area (Å²) in [7, 11) is 3.18. The Kier molecular flexibility index (Phi) is 3.96. The second kappa shape index (κ2) is 5.93. The fraction of sp³-hybridized carbons (Fsp3) is 0.278. The van der Waals surface area contributed by atoms with Gasteiger partial charge in [-0.25, -0.2) is 0 Å². The van der Waals surface area contributed by atoms with Gasteiger partial charge in [0.05, 0.1) is 20.3 Å². The minimum Gasteiger partial charge on any atom is -0.493 e. The highest BCUT2D eigenvalue weighted by molar-refractivity contribution is 6.05. The summed E-state index contributed by atoms with van der Waals surface area (Å²) in [5.41, 5.74) is 8.98. The quantitative estimate of drug-likeness (QED) is 0.881. The zero-order valence-electron chi connectivity index (χ0n) is 13.4. The Bertz CT molecular complexity index is 728. The predicted octanol–water partition coefficient (Wildman–Crippen LogP) is 2.43. The number of amides is 1. The molecule has 23 heavy (non-hydrogen) atoms. The number of nitrogens with two attached hydrogens (primary N) is 1. The van der Waals surface area contributed by atoms with Crippen LogP contribution in [0.3, 0.4) is 0 Å². The van der Waals surface area contributed by atoms with Crippen LogP contribution in [0.1, 0.15) is 17.2 Å². The van der Waals surface area contributed by atoms with Gasteiger partial charge in [0.2, 0.25) is 5.91 Å². The molecule has 3 rings (SSSR count). The third-order valence-electron chi connectivity index (χ3n) is 4.20. The van der Waals surface area contributed by atoms with Gasteiger partial charge in [-0.2, -0.15) is 0 Å². The van der Waals surface area contributed by atoms with Gasteiger partial charge in [-0.15, -0.1) is 0 Å². The van der Waals surface area contributed by atoms with Gasteiger partial charge in [-0.1, -0.05) is 23.8 Å². The largest absolute Gasteiger partial charge is 0.493 e. The summed E-state index contributed by atoms with van der Waals surface area (Å²) in [5.74, 6) is 1.20. The number of benzene rings is 2. The zero-order valence-corrected chi connectivity index (χ0v) is 13.4. The molecule has 1 heterocycles. The molecule has 1 saturated heterocycles.